The van der Waals surface area contributed by atoms with Crippen molar-refractivity contribution in [2.45, 2.75) is 32.1 Å². The first-order valence-electron chi connectivity index (χ1n) is 6.92. The van der Waals surface area contributed by atoms with Gasteiger partial charge in [0.1, 0.15) is 0 Å². The third-order valence-electron chi connectivity index (χ3n) is 2.70. The molecule has 0 heterocycles. The molecule has 4 heteroatoms. The molecule has 0 aliphatic rings. The molecule has 1 rings (SSSR count). The fraction of sp³-hybridized carbons (Fsp3) is 0.412. The van der Waals surface area contributed by atoms with Crippen molar-refractivity contribution < 1.29 is 19.1 Å². The smallest absolute Gasteiger partial charge is 0.305 e. The fourth-order valence-electron chi connectivity index (χ4n) is 1.51. The zero-order chi connectivity index (χ0) is 15.9. The minimum Gasteiger partial charge on any atom is -0.469 e. The second-order valence-corrected chi connectivity index (χ2v) is 4.32. The summed E-state index contributed by atoms with van der Waals surface area (Å²) in [4.78, 5) is 21.1. The minimum atomic E-state index is -0.176. The van der Waals surface area contributed by atoms with Crippen molar-refractivity contribution in [2.75, 3.05) is 14.2 Å². The number of benzene rings is 1. The van der Waals surface area contributed by atoms with E-state index in [1.807, 2.05) is 18.2 Å². The summed E-state index contributed by atoms with van der Waals surface area (Å²) >= 11 is 0. The van der Waals surface area contributed by atoms with Gasteiger partial charge in [-0.15, -0.1) is 6.58 Å². The molecule has 0 spiro atoms. The van der Waals surface area contributed by atoms with E-state index in [0.29, 0.717) is 19.3 Å². The number of rotatable bonds is 7. The number of aryl methyl sites for hydroxylation is 1. The lowest BCUT2D eigenvalue weighted by atomic mass is 10.1. The van der Waals surface area contributed by atoms with Crippen LogP contribution in [-0.4, -0.2) is 26.2 Å². The second-order valence-electron chi connectivity index (χ2n) is 4.32. The van der Waals surface area contributed by atoms with Gasteiger partial charge in [-0.3, -0.25) is 9.59 Å². The molecule has 0 aliphatic carbocycles. The van der Waals surface area contributed by atoms with E-state index in [2.05, 4.69) is 28.2 Å². The van der Waals surface area contributed by atoms with E-state index in [1.165, 1.54) is 19.8 Å². The number of carbonyl (C=O) groups excluding carboxylic acids is 2. The maximum Gasteiger partial charge on any atom is 0.305 e. The molecule has 0 saturated heterocycles. The van der Waals surface area contributed by atoms with Crippen LogP contribution in [0, 0.1) is 0 Å². The first kappa shape index (κ1) is 18.9. The number of allylic oxidation sites excluding steroid dienone is 1. The maximum atomic E-state index is 10.8. The van der Waals surface area contributed by atoms with Crippen molar-refractivity contribution in [3.63, 3.8) is 0 Å². The standard InChI is InChI=1S/C11H14O2.C6H10O2/c1-13-11(12)9-5-8-10-6-3-2-4-7-10;1-3-4-5-6(7)8-2/h2-4,6-7H,5,8-9H2,1H3;3H,1,4-5H2,2H3. The topological polar surface area (TPSA) is 52.6 Å². The normalized spacial score (nSPS) is 9.05. The van der Waals surface area contributed by atoms with E-state index < -0.39 is 0 Å². The predicted octanol–water partition coefficient (Wildman–Crippen LogP) is 3.31. The van der Waals surface area contributed by atoms with Gasteiger partial charge in [-0.05, 0) is 24.8 Å². The summed E-state index contributed by atoms with van der Waals surface area (Å²) in [5.74, 6) is -0.305. The molecular weight excluding hydrogens is 268 g/mol. The summed E-state index contributed by atoms with van der Waals surface area (Å²) in [5.41, 5.74) is 1.27. The van der Waals surface area contributed by atoms with Crippen LogP contribution in [0.25, 0.3) is 0 Å². The molecule has 0 fully saturated rings. The van der Waals surface area contributed by atoms with Gasteiger partial charge in [0.2, 0.25) is 0 Å². The highest BCUT2D eigenvalue weighted by Gasteiger charge is 1.99. The Labute approximate surface area is 126 Å². The first-order chi connectivity index (χ1) is 10.1. The number of hydrogen-bond donors (Lipinski definition) is 0. The van der Waals surface area contributed by atoms with Crippen molar-refractivity contribution in [3.05, 3.63) is 48.6 Å². The van der Waals surface area contributed by atoms with Crippen LogP contribution in [0.2, 0.25) is 0 Å². The number of ether oxygens (including phenoxy) is 2. The monoisotopic (exact) mass is 292 g/mol. The Hall–Kier alpha value is -2.10. The number of esters is 2. The van der Waals surface area contributed by atoms with Gasteiger partial charge in [0.05, 0.1) is 14.2 Å². The number of methoxy groups -OCH3 is 2. The van der Waals surface area contributed by atoms with Crippen LogP contribution in [-0.2, 0) is 25.5 Å². The van der Waals surface area contributed by atoms with Crippen LogP contribution in [0.4, 0.5) is 0 Å². The van der Waals surface area contributed by atoms with Gasteiger partial charge in [-0.2, -0.15) is 0 Å². The molecule has 0 atom stereocenters. The Balaban J connectivity index is 0.000000433. The van der Waals surface area contributed by atoms with Crippen LogP contribution in [0.5, 0.6) is 0 Å². The largest absolute Gasteiger partial charge is 0.469 e. The third kappa shape index (κ3) is 11.4. The minimum absolute atomic E-state index is 0.129. The van der Waals surface area contributed by atoms with E-state index in [-0.39, 0.29) is 11.9 Å². The first-order valence-corrected chi connectivity index (χ1v) is 6.92. The lowest BCUT2D eigenvalue weighted by Crippen LogP contribution is -2.00. The molecule has 21 heavy (non-hydrogen) atoms. The molecule has 0 N–H and O–H groups in total. The summed E-state index contributed by atoms with van der Waals surface area (Å²) in [6.07, 6.45) is 5.14. The molecule has 0 amide bonds. The van der Waals surface area contributed by atoms with Crippen molar-refractivity contribution in [1.82, 2.24) is 0 Å². The maximum absolute atomic E-state index is 10.8. The van der Waals surface area contributed by atoms with Gasteiger partial charge in [-0.25, -0.2) is 0 Å². The van der Waals surface area contributed by atoms with Crippen molar-refractivity contribution >= 4 is 11.9 Å². The average Bonchev–Trinajstić information content (AvgIpc) is 2.54. The molecule has 116 valence electrons. The third-order valence-corrected chi connectivity index (χ3v) is 2.70. The zero-order valence-electron chi connectivity index (χ0n) is 12.8. The van der Waals surface area contributed by atoms with E-state index in [9.17, 15) is 9.59 Å². The molecule has 1 aromatic carbocycles. The van der Waals surface area contributed by atoms with Crippen LogP contribution in [0.1, 0.15) is 31.2 Å². The molecule has 0 bridgehead atoms. The van der Waals surface area contributed by atoms with Gasteiger partial charge >= 0.3 is 11.9 Å². The molecule has 0 aliphatic heterocycles. The highest BCUT2D eigenvalue weighted by atomic mass is 16.5. The van der Waals surface area contributed by atoms with E-state index in [0.717, 1.165) is 12.8 Å². The quantitative estimate of drug-likeness (QED) is 0.571. The van der Waals surface area contributed by atoms with E-state index >= 15 is 0 Å². The number of hydrogen-bond acceptors (Lipinski definition) is 4. The fourth-order valence-corrected chi connectivity index (χ4v) is 1.51. The Kier molecular flexibility index (Phi) is 11.6. The lowest BCUT2D eigenvalue weighted by molar-refractivity contribution is -0.141. The van der Waals surface area contributed by atoms with Crippen LogP contribution in [0.15, 0.2) is 43.0 Å². The summed E-state index contributed by atoms with van der Waals surface area (Å²) in [7, 11) is 2.80. The average molecular weight is 292 g/mol. The van der Waals surface area contributed by atoms with E-state index in [4.69, 9.17) is 0 Å². The second kappa shape index (κ2) is 12.9. The van der Waals surface area contributed by atoms with Crippen LogP contribution in [0.3, 0.4) is 0 Å². The molecule has 4 nitrogen and oxygen atoms in total. The van der Waals surface area contributed by atoms with Gasteiger partial charge in [0.15, 0.2) is 0 Å². The highest BCUT2D eigenvalue weighted by Crippen LogP contribution is 2.04. The molecule has 0 aromatic heterocycles. The van der Waals surface area contributed by atoms with Gasteiger partial charge < -0.3 is 9.47 Å². The molecule has 0 unspecified atom stereocenters. The van der Waals surface area contributed by atoms with Crippen molar-refractivity contribution in [1.29, 1.82) is 0 Å². The summed E-state index contributed by atoms with van der Waals surface area (Å²) in [6.45, 7) is 3.46. The van der Waals surface area contributed by atoms with E-state index in [1.54, 1.807) is 6.08 Å². The predicted molar refractivity (Wildman–Crippen MR) is 82.8 cm³/mol. The SMILES string of the molecule is C=CCCC(=O)OC.COC(=O)CCCc1ccccc1. The Bertz CT molecular complexity index is 412. The Morgan fingerprint density at radius 2 is 1.62 bits per heavy atom. The van der Waals surface area contributed by atoms with Crippen LogP contribution < -0.4 is 0 Å². The highest BCUT2D eigenvalue weighted by molar-refractivity contribution is 5.69. The summed E-state index contributed by atoms with van der Waals surface area (Å²) < 4.78 is 8.91. The Morgan fingerprint density at radius 1 is 1.05 bits per heavy atom. The molecule has 0 radical (unpaired) electrons. The number of carbonyl (C=O) groups is 2. The Morgan fingerprint density at radius 3 is 2.14 bits per heavy atom. The molecule has 0 saturated carbocycles. The lowest BCUT2D eigenvalue weighted by Gasteiger charge is -1.99. The molecular formula is C17H24O4. The summed E-state index contributed by atoms with van der Waals surface area (Å²) in [5, 5.41) is 0. The van der Waals surface area contributed by atoms with Crippen LogP contribution >= 0.6 is 0 Å². The van der Waals surface area contributed by atoms with Gasteiger partial charge in [-0.1, -0.05) is 36.4 Å². The van der Waals surface area contributed by atoms with Crippen molar-refractivity contribution in [3.8, 4) is 0 Å². The zero-order valence-corrected chi connectivity index (χ0v) is 12.8. The molecule has 1 aromatic rings. The van der Waals surface area contributed by atoms with Gasteiger partial charge in [0, 0.05) is 12.8 Å². The summed E-state index contributed by atoms with van der Waals surface area (Å²) in [6, 6.07) is 10.1. The van der Waals surface area contributed by atoms with Crippen molar-refractivity contribution in [2.24, 2.45) is 0 Å². The van der Waals surface area contributed by atoms with Gasteiger partial charge in [0.25, 0.3) is 0 Å².